The van der Waals surface area contributed by atoms with Crippen LogP contribution in [0, 0.1) is 5.41 Å². The summed E-state index contributed by atoms with van der Waals surface area (Å²) in [6.45, 7) is 2.64. The van der Waals surface area contributed by atoms with Gasteiger partial charge in [-0.1, -0.05) is 18.2 Å². The van der Waals surface area contributed by atoms with Crippen molar-refractivity contribution in [2.75, 3.05) is 7.11 Å². The number of hydrogen-bond donors (Lipinski definition) is 0. The maximum Gasteiger partial charge on any atom is 0.324 e. The van der Waals surface area contributed by atoms with E-state index in [1.54, 1.807) is 12.2 Å². The van der Waals surface area contributed by atoms with Gasteiger partial charge in [-0.25, -0.2) is 0 Å². The van der Waals surface area contributed by atoms with Crippen LogP contribution in [0.4, 0.5) is 0 Å². The zero-order chi connectivity index (χ0) is 12.3. The number of carbonyl (C=O) groups excluding carboxylic acids is 3. The summed E-state index contributed by atoms with van der Waals surface area (Å²) in [6.07, 6.45) is 5.04. The molecule has 4 heteroatoms. The lowest BCUT2D eigenvalue weighted by molar-refractivity contribution is -0.155. The standard InChI is InChI=1S/C12H14O4/c1-8(13)10-6-4-5-7-12(10,9(2)14)11(15)16-3/h4-6H,7H2,1-3H3. The maximum absolute atomic E-state index is 11.8. The second kappa shape index (κ2) is 4.43. The van der Waals surface area contributed by atoms with Crippen molar-refractivity contribution in [3.63, 3.8) is 0 Å². The molecule has 1 atom stereocenters. The zero-order valence-electron chi connectivity index (χ0n) is 9.57. The third-order valence-electron chi connectivity index (χ3n) is 2.80. The highest BCUT2D eigenvalue weighted by molar-refractivity contribution is 6.15. The molecule has 1 aliphatic carbocycles. The second-order valence-corrected chi connectivity index (χ2v) is 3.72. The fraction of sp³-hybridized carbons (Fsp3) is 0.417. The van der Waals surface area contributed by atoms with Gasteiger partial charge in [0.1, 0.15) is 0 Å². The Morgan fingerprint density at radius 2 is 1.94 bits per heavy atom. The quantitative estimate of drug-likeness (QED) is 0.532. The molecule has 0 saturated carbocycles. The number of hydrogen-bond acceptors (Lipinski definition) is 4. The van der Waals surface area contributed by atoms with Crippen LogP contribution in [0.15, 0.2) is 23.8 Å². The van der Waals surface area contributed by atoms with Gasteiger partial charge in [0.15, 0.2) is 17.0 Å². The Hall–Kier alpha value is -1.71. The number of allylic oxidation sites excluding steroid dienone is 3. The molecule has 0 bridgehead atoms. The number of carbonyl (C=O) groups is 3. The van der Waals surface area contributed by atoms with E-state index in [1.165, 1.54) is 27.0 Å². The molecule has 0 aromatic carbocycles. The van der Waals surface area contributed by atoms with E-state index in [9.17, 15) is 14.4 Å². The lowest BCUT2D eigenvalue weighted by Gasteiger charge is -2.30. The monoisotopic (exact) mass is 222 g/mol. The Morgan fingerprint density at radius 3 is 2.38 bits per heavy atom. The van der Waals surface area contributed by atoms with E-state index in [4.69, 9.17) is 0 Å². The predicted octanol–water partition coefficient (Wildman–Crippen LogP) is 1.21. The van der Waals surface area contributed by atoms with Crippen LogP contribution in [-0.2, 0) is 19.1 Å². The highest BCUT2D eigenvalue weighted by Gasteiger charge is 2.49. The van der Waals surface area contributed by atoms with Gasteiger partial charge < -0.3 is 4.74 Å². The van der Waals surface area contributed by atoms with Crippen molar-refractivity contribution in [1.82, 2.24) is 0 Å². The first kappa shape index (κ1) is 12.4. The van der Waals surface area contributed by atoms with Crippen molar-refractivity contribution >= 4 is 17.5 Å². The molecule has 86 valence electrons. The van der Waals surface area contributed by atoms with E-state index in [1.807, 2.05) is 0 Å². The minimum atomic E-state index is -1.45. The molecule has 16 heavy (non-hydrogen) atoms. The van der Waals surface area contributed by atoms with Gasteiger partial charge in [0.2, 0.25) is 0 Å². The Labute approximate surface area is 94.0 Å². The van der Waals surface area contributed by atoms with Crippen LogP contribution in [0.2, 0.25) is 0 Å². The van der Waals surface area contributed by atoms with Crippen molar-refractivity contribution in [1.29, 1.82) is 0 Å². The van der Waals surface area contributed by atoms with Crippen LogP contribution in [0.5, 0.6) is 0 Å². The molecule has 0 heterocycles. The van der Waals surface area contributed by atoms with Gasteiger partial charge in [0.05, 0.1) is 7.11 Å². The summed E-state index contributed by atoms with van der Waals surface area (Å²) >= 11 is 0. The van der Waals surface area contributed by atoms with Crippen molar-refractivity contribution < 1.29 is 19.1 Å². The van der Waals surface area contributed by atoms with Crippen molar-refractivity contribution in [2.45, 2.75) is 20.3 Å². The molecular formula is C12H14O4. The Kier molecular flexibility index (Phi) is 3.42. The Balaban J connectivity index is 3.36. The molecule has 0 spiro atoms. The van der Waals surface area contributed by atoms with Gasteiger partial charge in [0.25, 0.3) is 0 Å². The van der Waals surface area contributed by atoms with Crippen LogP contribution in [0.1, 0.15) is 20.3 Å². The zero-order valence-corrected chi connectivity index (χ0v) is 9.57. The highest BCUT2D eigenvalue weighted by atomic mass is 16.5. The summed E-state index contributed by atoms with van der Waals surface area (Å²) in [4.78, 5) is 35.0. The average Bonchev–Trinajstić information content (AvgIpc) is 2.27. The van der Waals surface area contributed by atoms with Gasteiger partial charge in [-0.3, -0.25) is 14.4 Å². The molecule has 0 amide bonds. The summed E-state index contributed by atoms with van der Waals surface area (Å²) in [6, 6.07) is 0. The molecule has 1 unspecified atom stereocenters. The highest BCUT2D eigenvalue weighted by Crippen LogP contribution is 2.37. The van der Waals surface area contributed by atoms with Gasteiger partial charge in [0, 0.05) is 5.57 Å². The summed E-state index contributed by atoms with van der Waals surface area (Å²) in [5.74, 6) is -1.33. The van der Waals surface area contributed by atoms with Crippen molar-refractivity contribution in [3.8, 4) is 0 Å². The second-order valence-electron chi connectivity index (χ2n) is 3.72. The number of ketones is 2. The van der Waals surface area contributed by atoms with E-state index in [2.05, 4.69) is 4.74 Å². The van der Waals surface area contributed by atoms with E-state index < -0.39 is 11.4 Å². The number of methoxy groups -OCH3 is 1. The lowest BCUT2D eigenvalue weighted by Crippen LogP contribution is -2.43. The van der Waals surface area contributed by atoms with Gasteiger partial charge >= 0.3 is 5.97 Å². The van der Waals surface area contributed by atoms with Crippen LogP contribution in [0.25, 0.3) is 0 Å². The normalized spacial score (nSPS) is 23.6. The minimum absolute atomic E-state index is 0.181. The molecule has 0 N–H and O–H groups in total. The fourth-order valence-corrected chi connectivity index (χ4v) is 1.92. The number of Topliss-reactive ketones (excluding diaryl/α,β-unsaturated/α-hetero) is 2. The minimum Gasteiger partial charge on any atom is -0.468 e. The van der Waals surface area contributed by atoms with Crippen molar-refractivity contribution in [2.24, 2.45) is 5.41 Å². The smallest absolute Gasteiger partial charge is 0.324 e. The third-order valence-corrected chi connectivity index (χ3v) is 2.80. The summed E-state index contributed by atoms with van der Waals surface area (Å²) in [5, 5.41) is 0. The fourth-order valence-electron chi connectivity index (χ4n) is 1.92. The topological polar surface area (TPSA) is 60.4 Å². The Morgan fingerprint density at radius 1 is 1.31 bits per heavy atom. The predicted molar refractivity (Wildman–Crippen MR) is 57.7 cm³/mol. The molecule has 1 aliphatic rings. The summed E-state index contributed by atoms with van der Waals surface area (Å²) < 4.78 is 4.65. The molecule has 0 aromatic rings. The Bertz CT molecular complexity index is 403. The number of ether oxygens (including phenoxy) is 1. The van der Waals surface area contributed by atoms with Crippen molar-refractivity contribution in [3.05, 3.63) is 23.8 Å². The number of rotatable bonds is 3. The van der Waals surface area contributed by atoms with Gasteiger partial charge in [-0.15, -0.1) is 0 Å². The molecular weight excluding hydrogens is 208 g/mol. The summed E-state index contributed by atoms with van der Waals surface area (Å²) in [7, 11) is 1.21. The van der Waals surface area contributed by atoms with E-state index in [-0.39, 0.29) is 23.6 Å². The first-order valence-electron chi connectivity index (χ1n) is 4.94. The van der Waals surface area contributed by atoms with Crippen LogP contribution in [-0.4, -0.2) is 24.6 Å². The summed E-state index contributed by atoms with van der Waals surface area (Å²) in [5.41, 5.74) is -1.25. The first-order chi connectivity index (χ1) is 7.46. The maximum atomic E-state index is 11.8. The average molecular weight is 222 g/mol. The largest absolute Gasteiger partial charge is 0.468 e. The molecule has 0 radical (unpaired) electrons. The molecule has 0 saturated heterocycles. The third kappa shape index (κ3) is 1.71. The van der Waals surface area contributed by atoms with E-state index >= 15 is 0 Å². The first-order valence-corrected chi connectivity index (χ1v) is 4.94. The van der Waals surface area contributed by atoms with Crippen LogP contribution >= 0.6 is 0 Å². The van der Waals surface area contributed by atoms with Crippen LogP contribution < -0.4 is 0 Å². The van der Waals surface area contributed by atoms with Crippen LogP contribution in [0.3, 0.4) is 0 Å². The molecule has 0 aromatic heterocycles. The van der Waals surface area contributed by atoms with Gasteiger partial charge in [-0.2, -0.15) is 0 Å². The van der Waals surface area contributed by atoms with Gasteiger partial charge in [-0.05, 0) is 20.3 Å². The molecule has 0 fully saturated rings. The van der Waals surface area contributed by atoms with E-state index in [0.717, 1.165) is 0 Å². The molecule has 1 rings (SSSR count). The molecule has 4 nitrogen and oxygen atoms in total. The van der Waals surface area contributed by atoms with E-state index in [0.29, 0.717) is 0 Å². The lowest BCUT2D eigenvalue weighted by atomic mass is 9.70. The molecule has 0 aliphatic heterocycles. The number of esters is 1. The SMILES string of the molecule is COC(=O)C1(C(C)=O)CC=CC=C1C(C)=O.